The molecule has 104 valence electrons. The highest BCUT2D eigenvalue weighted by Crippen LogP contribution is 2.23. The van der Waals surface area contributed by atoms with Gasteiger partial charge in [-0.1, -0.05) is 22.0 Å². The maximum atomic E-state index is 13.6. The molecule has 0 amide bonds. The van der Waals surface area contributed by atoms with Crippen molar-refractivity contribution < 1.29 is 19.0 Å². The van der Waals surface area contributed by atoms with Crippen molar-refractivity contribution in [1.29, 1.82) is 0 Å². The van der Waals surface area contributed by atoms with E-state index in [0.29, 0.717) is 15.7 Å². The van der Waals surface area contributed by atoms with Crippen LogP contribution in [0.15, 0.2) is 40.9 Å². The van der Waals surface area contributed by atoms with E-state index in [1.807, 2.05) is 0 Å². The van der Waals surface area contributed by atoms with Crippen LogP contribution in [0.1, 0.15) is 15.9 Å². The Morgan fingerprint density at radius 3 is 2.70 bits per heavy atom. The molecule has 3 N–H and O–H groups in total. The van der Waals surface area contributed by atoms with E-state index in [-0.39, 0.29) is 17.9 Å². The first-order valence-electron chi connectivity index (χ1n) is 5.67. The number of anilines is 1. The van der Waals surface area contributed by atoms with Gasteiger partial charge in [0.05, 0.1) is 0 Å². The Balaban J connectivity index is 2.20. The summed E-state index contributed by atoms with van der Waals surface area (Å²) in [5, 5.41) is 9.06. The second-order valence-electron chi connectivity index (χ2n) is 4.09. The third-order valence-corrected chi connectivity index (χ3v) is 3.13. The number of rotatable bonds is 4. The van der Waals surface area contributed by atoms with E-state index in [1.54, 1.807) is 12.1 Å². The number of hydrogen-bond donors (Lipinski definition) is 2. The topological polar surface area (TPSA) is 72.5 Å². The van der Waals surface area contributed by atoms with E-state index in [0.717, 1.165) is 0 Å². The molecule has 0 radical (unpaired) electrons. The van der Waals surface area contributed by atoms with Gasteiger partial charge in [-0.3, -0.25) is 0 Å². The van der Waals surface area contributed by atoms with Crippen LogP contribution >= 0.6 is 15.9 Å². The number of nitrogen functional groups attached to an aromatic ring is 1. The van der Waals surface area contributed by atoms with Crippen LogP contribution in [0.4, 0.5) is 10.1 Å². The first-order chi connectivity index (χ1) is 9.47. The lowest BCUT2D eigenvalue weighted by molar-refractivity contribution is 0.0692. The van der Waals surface area contributed by atoms with Crippen molar-refractivity contribution in [3.8, 4) is 5.75 Å². The average molecular weight is 340 g/mol. The van der Waals surface area contributed by atoms with E-state index in [2.05, 4.69) is 15.9 Å². The summed E-state index contributed by atoms with van der Waals surface area (Å²) in [6.45, 7) is -0.0662. The molecule has 0 unspecified atom stereocenters. The Labute approximate surface area is 123 Å². The van der Waals surface area contributed by atoms with Gasteiger partial charge >= 0.3 is 5.97 Å². The van der Waals surface area contributed by atoms with E-state index >= 15 is 0 Å². The maximum Gasteiger partial charge on any atom is 0.339 e. The lowest BCUT2D eigenvalue weighted by Gasteiger charge is -2.10. The largest absolute Gasteiger partial charge is 0.488 e. The van der Waals surface area contributed by atoms with Gasteiger partial charge in [0.1, 0.15) is 23.7 Å². The Hall–Kier alpha value is -2.08. The maximum absolute atomic E-state index is 13.6. The predicted octanol–water partition coefficient (Wildman–Crippen LogP) is 3.45. The van der Waals surface area contributed by atoms with Gasteiger partial charge in [0.25, 0.3) is 0 Å². The van der Waals surface area contributed by atoms with Crippen molar-refractivity contribution in [2.24, 2.45) is 0 Å². The molecule has 4 nitrogen and oxygen atoms in total. The summed E-state index contributed by atoms with van der Waals surface area (Å²) in [6, 6.07) is 8.85. The molecule has 2 aromatic carbocycles. The molecule has 0 saturated heterocycles. The molecule has 0 atom stereocenters. The first-order valence-corrected chi connectivity index (χ1v) is 6.46. The third kappa shape index (κ3) is 3.27. The van der Waals surface area contributed by atoms with Crippen molar-refractivity contribution in [3.05, 3.63) is 57.8 Å². The number of hydrogen-bond acceptors (Lipinski definition) is 3. The molecule has 20 heavy (non-hydrogen) atoms. The van der Waals surface area contributed by atoms with Gasteiger partial charge in [-0.05, 0) is 30.3 Å². The molecule has 6 heteroatoms. The molecule has 0 fully saturated rings. The summed E-state index contributed by atoms with van der Waals surface area (Å²) < 4.78 is 19.6. The lowest BCUT2D eigenvalue weighted by Crippen LogP contribution is -2.05. The highest BCUT2D eigenvalue weighted by Gasteiger charge is 2.12. The summed E-state index contributed by atoms with van der Waals surface area (Å²) in [5.74, 6) is -1.43. The summed E-state index contributed by atoms with van der Waals surface area (Å²) in [5.41, 5.74) is 6.13. The molecule has 0 aliphatic carbocycles. The zero-order valence-electron chi connectivity index (χ0n) is 10.3. The standard InChI is InChI=1S/C14H11BrFNO3/c15-9-2-1-8(12(16)5-9)7-20-13-4-3-10(17)6-11(13)14(18)19/h1-6H,7,17H2,(H,18,19). The molecular formula is C14H11BrFNO3. The number of halogens is 2. The molecule has 2 aromatic rings. The molecule has 0 aliphatic heterocycles. The van der Waals surface area contributed by atoms with Crippen molar-refractivity contribution in [2.75, 3.05) is 5.73 Å². The number of carbonyl (C=O) groups is 1. The van der Waals surface area contributed by atoms with Crippen LogP contribution in [-0.2, 0) is 6.61 Å². The van der Waals surface area contributed by atoms with Crippen LogP contribution in [0.5, 0.6) is 5.75 Å². The van der Waals surface area contributed by atoms with Gasteiger partial charge in [-0.15, -0.1) is 0 Å². The first kappa shape index (κ1) is 14.3. The normalized spacial score (nSPS) is 10.3. The minimum Gasteiger partial charge on any atom is -0.488 e. The number of carboxylic acid groups (broad SMARTS) is 1. The van der Waals surface area contributed by atoms with Gasteiger partial charge in [0.15, 0.2) is 0 Å². The highest BCUT2D eigenvalue weighted by molar-refractivity contribution is 9.10. The lowest BCUT2D eigenvalue weighted by atomic mass is 10.1. The van der Waals surface area contributed by atoms with Crippen LogP contribution in [0.2, 0.25) is 0 Å². The monoisotopic (exact) mass is 339 g/mol. The molecule has 0 bridgehead atoms. The quantitative estimate of drug-likeness (QED) is 0.837. The number of carboxylic acids is 1. The Bertz CT molecular complexity index is 661. The highest BCUT2D eigenvalue weighted by atomic mass is 79.9. The van der Waals surface area contributed by atoms with E-state index < -0.39 is 11.8 Å². The average Bonchev–Trinajstić information content (AvgIpc) is 2.38. The molecule has 0 aliphatic rings. The van der Waals surface area contributed by atoms with E-state index in [1.165, 1.54) is 24.3 Å². The minimum absolute atomic E-state index is 0.0532. The number of ether oxygens (including phenoxy) is 1. The van der Waals surface area contributed by atoms with Crippen LogP contribution in [0, 0.1) is 5.82 Å². The summed E-state index contributed by atoms with van der Waals surface area (Å²) in [7, 11) is 0. The molecular weight excluding hydrogens is 329 g/mol. The predicted molar refractivity (Wildman–Crippen MR) is 76.2 cm³/mol. The van der Waals surface area contributed by atoms with Gasteiger partial charge in [0, 0.05) is 15.7 Å². The van der Waals surface area contributed by atoms with Crippen molar-refractivity contribution in [1.82, 2.24) is 0 Å². The molecule has 0 spiro atoms. The molecule has 0 aromatic heterocycles. The van der Waals surface area contributed by atoms with Crippen LogP contribution in [0.3, 0.4) is 0 Å². The van der Waals surface area contributed by atoms with E-state index in [4.69, 9.17) is 15.6 Å². The van der Waals surface area contributed by atoms with Crippen LogP contribution < -0.4 is 10.5 Å². The van der Waals surface area contributed by atoms with Gasteiger partial charge in [-0.25, -0.2) is 9.18 Å². The van der Waals surface area contributed by atoms with Crippen LogP contribution in [-0.4, -0.2) is 11.1 Å². The third-order valence-electron chi connectivity index (χ3n) is 2.63. The Kier molecular flexibility index (Phi) is 4.24. The van der Waals surface area contributed by atoms with Crippen molar-refractivity contribution in [2.45, 2.75) is 6.61 Å². The Morgan fingerprint density at radius 1 is 1.30 bits per heavy atom. The Morgan fingerprint density at radius 2 is 2.05 bits per heavy atom. The van der Waals surface area contributed by atoms with Gasteiger partial charge in [0.2, 0.25) is 0 Å². The summed E-state index contributed by atoms with van der Waals surface area (Å²) in [6.07, 6.45) is 0. The molecule has 2 rings (SSSR count). The number of benzene rings is 2. The fourth-order valence-electron chi connectivity index (χ4n) is 1.63. The van der Waals surface area contributed by atoms with Crippen molar-refractivity contribution >= 4 is 27.6 Å². The number of nitrogens with two attached hydrogens (primary N) is 1. The van der Waals surface area contributed by atoms with Crippen molar-refractivity contribution in [3.63, 3.8) is 0 Å². The van der Waals surface area contributed by atoms with Crippen LogP contribution in [0.25, 0.3) is 0 Å². The smallest absolute Gasteiger partial charge is 0.339 e. The zero-order chi connectivity index (χ0) is 14.7. The summed E-state index contributed by atoms with van der Waals surface area (Å²) in [4.78, 5) is 11.1. The second kappa shape index (κ2) is 5.92. The molecule has 0 heterocycles. The minimum atomic E-state index is -1.15. The summed E-state index contributed by atoms with van der Waals surface area (Å²) >= 11 is 3.16. The second-order valence-corrected chi connectivity index (χ2v) is 5.00. The SMILES string of the molecule is Nc1ccc(OCc2ccc(Br)cc2F)c(C(=O)O)c1. The number of aromatic carboxylic acids is 1. The fourth-order valence-corrected chi connectivity index (χ4v) is 1.97. The zero-order valence-corrected chi connectivity index (χ0v) is 11.9. The fraction of sp³-hybridized carbons (Fsp3) is 0.0714. The van der Waals surface area contributed by atoms with Gasteiger partial charge < -0.3 is 15.6 Å². The van der Waals surface area contributed by atoms with Gasteiger partial charge in [-0.2, -0.15) is 0 Å². The van der Waals surface area contributed by atoms with E-state index in [9.17, 15) is 9.18 Å². The molecule has 0 saturated carbocycles.